The molecule has 0 bridgehead atoms. The van der Waals surface area contributed by atoms with Crippen molar-refractivity contribution in [1.82, 2.24) is 4.90 Å². The van der Waals surface area contributed by atoms with Crippen LogP contribution in [0.2, 0.25) is 0 Å². The molecule has 1 aromatic rings. The van der Waals surface area contributed by atoms with Crippen LogP contribution in [0.4, 0.5) is 5.69 Å². The Balaban J connectivity index is 2.01. The van der Waals surface area contributed by atoms with Crippen molar-refractivity contribution in [2.24, 2.45) is 0 Å². The van der Waals surface area contributed by atoms with Gasteiger partial charge in [0.25, 0.3) is 0 Å². The third-order valence-corrected chi connectivity index (χ3v) is 3.67. The van der Waals surface area contributed by atoms with Gasteiger partial charge in [-0.1, -0.05) is 15.9 Å². The van der Waals surface area contributed by atoms with Crippen LogP contribution in [0.1, 0.15) is 23.2 Å². The third-order valence-electron chi connectivity index (χ3n) is 3.17. The van der Waals surface area contributed by atoms with Crippen molar-refractivity contribution in [3.63, 3.8) is 0 Å². The quantitative estimate of drug-likeness (QED) is 0.672. The second-order valence-electron chi connectivity index (χ2n) is 4.64. The van der Waals surface area contributed by atoms with Crippen LogP contribution in [0.25, 0.3) is 0 Å². The van der Waals surface area contributed by atoms with Gasteiger partial charge in [0, 0.05) is 23.2 Å². The summed E-state index contributed by atoms with van der Waals surface area (Å²) in [5.74, 6) is -0.330. The fourth-order valence-corrected chi connectivity index (χ4v) is 2.38. The Hall–Kier alpha value is -1.07. The van der Waals surface area contributed by atoms with E-state index in [1.165, 1.54) is 0 Å². The van der Waals surface area contributed by atoms with E-state index in [0.717, 1.165) is 30.4 Å². The topological polar surface area (TPSA) is 55.6 Å². The normalized spacial score (nSPS) is 17.7. The average Bonchev–Trinajstić information content (AvgIpc) is 2.35. The fourth-order valence-electron chi connectivity index (χ4n) is 2.02. The second kappa shape index (κ2) is 5.71. The molecule has 0 spiro atoms. The lowest BCUT2D eigenvalue weighted by Gasteiger charge is -2.28. The number of halogens is 1. The lowest BCUT2D eigenvalue weighted by atomic mass is 10.1. The molecule has 1 fully saturated rings. The number of hydrogen-bond acceptors (Lipinski definition) is 4. The molecule has 1 aliphatic rings. The molecule has 0 radical (unpaired) electrons. The fraction of sp³-hybridized carbons (Fsp3) is 0.462. The van der Waals surface area contributed by atoms with Crippen LogP contribution < -0.4 is 5.73 Å². The Labute approximate surface area is 115 Å². The Morgan fingerprint density at radius 3 is 2.78 bits per heavy atom. The molecule has 0 unspecified atom stereocenters. The summed E-state index contributed by atoms with van der Waals surface area (Å²) >= 11 is 3.33. The molecule has 0 saturated carbocycles. The summed E-state index contributed by atoms with van der Waals surface area (Å²) in [6.07, 6.45) is 1.78. The van der Waals surface area contributed by atoms with Crippen molar-refractivity contribution in [3.8, 4) is 0 Å². The van der Waals surface area contributed by atoms with Crippen LogP contribution in [0.3, 0.4) is 0 Å². The molecule has 98 valence electrons. The van der Waals surface area contributed by atoms with Crippen LogP contribution in [-0.4, -0.2) is 37.1 Å². The van der Waals surface area contributed by atoms with Crippen molar-refractivity contribution in [1.29, 1.82) is 0 Å². The minimum Gasteiger partial charge on any atom is -0.459 e. The molecule has 18 heavy (non-hydrogen) atoms. The molecule has 0 atom stereocenters. The Morgan fingerprint density at radius 1 is 1.44 bits per heavy atom. The number of likely N-dealkylation sites (tertiary alicyclic amines) is 1. The third kappa shape index (κ3) is 3.23. The van der Waals surface area contributed by atoms with E-state index in [-0.39, 0.29) is 12.1 Å². The van der Waals surface area contributed by atoms with E-state index in [4.69, 9.17) is 10.5 Å². The highest BCUT2D eigenvalue weighted by atomic mass is 79.9. The summed E-state index contributed by atoms with van der Waals surface area (Å²) in [5.41, 5.74) is 6.68. The number of hydrogen-bond donors (Lipinski definition) is 1. The van der Waals surface area contributed by atoms with E-state index in [1.54, 1.807) is 12.1 Å². The highest BCUT2D eigenvalue weighted by Crippen LogP contribution is 2.21. The minimum absolute atomic E-state index is 0.00656. The number of ether oxygens (including phenoxy) is 1. The minimum atomic E-state index is -0.330. The molecule has 1 heterocycles. The van der Waals surface area contributed by atoms with Crippen LogP contribution in [-0.2, 0) is 4.74 Å². The van der Waals surface area contributed by atoms with Crippen molar-refractivity contribution in [2.75, 3.05) is 25.9 Å². The molecule has 0 aliphatic carbocycles. The predicted octanol–water partition coefficient (Wildman–Crippen LogP) is 2.28. The highest BCUT2D eigenvalue weighted by molar-refractivity contribution is 9.10. The molecule has 2 rings (SSSR count). The monoisotopic (exact) mass is 312 g/mol. The van der Waals surface area contributed by atoms with Gasteiger partial charge in [0.05, 0.1) is 5.56 Å². The first-order valence-electron chi connectivity index (χ1n) is 6.01. The number of benzene rings is 1. The molecule has 1 saturated heterocycles. The lowest BCUT2D eigenvalue weighted by molar-refractivity contribution is 0.0140. The molecular weight excluding hydrogens is 296 g/mol. The number of piperidine rings is 1. The lowest BCUT2D eigenvalue weighted by Crippen LogP contribution is -2.35. The van der Waals surface area contributed by atoms with E-state index in [2.05, 4.69) is 27.9 Å². The summed E-state index contributed by atoms with van der Waals surface area (Å²) in [5, 5.41) is 0. The number of nitrogens with two attached hydrogens (primary N) is 1. The maximum absolute atomic E-state index is 12.0. The van der Waals surface area contributed by atoms with Gasteiger partial charge in [-0.2, -0.15) is 0 Å². The number of nitrogens with zero attached hydrogens (tertiary/aromatic N) is 1. The largest absolute Gasteiger partial charge is 0.459 e. The number of esters is 1. The zero-order valence-corrected chi connectivity index (χ0v) is 11.9. The van der Waals surface area contributed by atoms with Gasteiger partial charge in [0.2, 0.25) is 0 Å². The van der Waals surface area contributed by atoms with Gasteiger partial charge in [-0.15, -0.1) is 0 Å². The standard InChI is InChI=1S/C13H17BrN2O2/c1-16-6-4-10(5-7-16)18-13(17)11-8-9(14)2-3-12(11)15/h2-3,8,10H,4-7,15H2,1H3. The maximum atomic E-state index is 12.0. The number of carbonyl (C=O) groups is 1. The van der Waals surface area contributed by atoms with Crippen LogP contribution in [0, 0.1) is 0 Å². The number of nitrogen functional groups attached to an aromatic ring is 1. The molecule has 2 N–H and O–H groups in total. The SMILES string of the molecule is CN1CCC(OC(=O)c2cc(Br)ccc2N)CC1. The van der Waals surface area contributed by atoms with E-state index >= 15 is 0 Å². The molecule has 4 nitrogen and oxygen atoms in total. The van der Waals surface area contributed by atoms with Crippen molar-refractivity contribution >= 4 is 27.6 Å². The zero-order valence-electron chi connectivity index (χ0n) is 10.4. The molecule has 0 aromatic heterocycles. The smallest absolute Gasteiger partial charge is 0.340 e. The van der Waals surface area contributed by atoms with Crippen molar-refractivity contribution in [3.05, 3.63) is 28.2 Å². The zero-order chi connectivity index (χ0) is 13.1. The first kappa shape index (κ1) is 13.4. The maximum Gasteiger partial charge on any atom is 0.340 e. The molecule has 0 amide bonds. The summed E-state index contributed by atoms with van der Waals surface area (Å²) in [6.45, 7) is 1.93. The Bertz CT molecular complexity index is 443. The van der Waals surface area contributed by atoms with E-state index in [1.807, 2.05) is 6.07 Å². The van der Waals surface area contributed by atoms with Crippen molar-refractivity contribution in [2.45, 2.75) is 18.9 Å². The second-order valence-corrected chi connectivity index (χ2v) is 5.56. The van der Waals surface area contributed by atoms with E-state index < -0.39 is 0 Å². The highest BCUT2D eigenvalue weighted by Gasteiger charge is 2.22. The van der Waals surface area contributed by atoms with Crippen LogP contribution in [0.5, 0.6) is 0 Å². The summed E-state index contributed by atoms with van der Waals surface area (Å²) in [7, 11) is 2.07. The molecule has 5 heteroatoms. The summed E-state index contributed by atoms with van der Waals surface area (Å²) in [4.78, 5) is 14.3. The van der Waals surface area contributed by atoms with Gasteiger partial charge in [-0.25, -0.2) is 4.79 Å². The molecule has 1 aliphatic heterocycles. The first-order valence-corrected chi connectivity index (χ1v) is 6.80. The Morgan fingerprint density at radius 2 is 2.11 bits per heavy atom. The van der Waals surface area contributed by atoms with Gasteiger partial charge in [-0.05, 0) is 38.1 Å². The number of anilines is 1. The van der Waals surface area contributed by atoms with Gasteiger partial charge >= 0.3 is 5.97 Å². The summed E-state index contributed by atoms with van der Waals surface area (Å²) < 4.78 is 6.32. The predicted molar refractivity (Wildman–Crippen MR) is 74.5 cm³/mol. The van der Waals surface area contributed by atoms with Gasteiger partial charge in [0.15, 0.2) is 0 Å². The van der Waals surface area contributed by atoms with E-state index in [0.29, 0.717) is 11.3 Å². The van der Waals surface area contributed by atoms with Gasteiger partial charge in [-0.3, -0.25) is 0 Å². The van der Waals surface area contributed by atoms with Crippen molar-refractivity contribution < 1.29 is 9.53 Å². The van der Waals surface area contributed by atoms with E-state index in [9.17, 15) is 4.79 Å². The van der Waals surface area contributed by atoms with Crippen LogP contribution in [0.15, 0.2) is 22.7 Å². The number of rotatable bonds is 2. The first-order chi connectivity index (χ1) is 8.56. The summed E-state index contributed by atoms with van der Waals surface area (Å²) in [6, 6.07) is 5.21. The van der Waals surface area contributed by atoms with Gasteiger partial charge < -0.3 is 15.4 Å². The molecular formula is C13H17BrN2O2. The van der Waals surface area contributed by atoms with Crippen LogP contribution >= 0.6 is 15.9 Å². The molecule has 1 aromatic carbocycles. The average molecular weight is 313 g/mol. The number of carbonyl (C=O) groups excluding carboxylic acids is 1. The van der Waals surface area contributed by atoms with Gasteiger partial charge in [0.1, 0.15) is 6.10 Å². The Kier molecular flexibility index (Phi) is 4.24.